The van der Waals surface area contributed by atoms with Gasteiger partial charge in [-0.3, -0.25) is 4.79 Å². The van der Waals surface area contributed by atoms with Crippen LogP contribution in [-0.2, 0) is 4.79 Å². The molecule has 0 radical (unpaired) electrons. The van der Waals surface area contributed by atoms with Crippen molar-refractivity contribution in [3.63, 3.8) is 0 Å². The number of carboxylic acid groups (broad SMARTS) is 1. The highest BCUT2D eigenvalue weighted by Gasteiger charge is 2.11. The minimum Gasteiger partial charge on any atom is -0.480 e. The molecular weight excluding hydrogens is 210 g/mol. The molecule has 0 spiro atoms. The van der Waals surface area contributed by atoms with E-state index in [1.54, 1.807) is 18.3 Å². The second-order valence-corrected chi connectivity index (χ2v) is 4.44. The van der Waals surface area contributed by atoms with Crippen molar-refractivity contribution in [3.05, 3.63) is 30.3 Å². The predicted octanol–water partition coefficient (Wildman–Crippen LogP) is 2.79. The van der Waals surface area contributed by atoms with Crippen molar-refractivity contribution in [2.45, 2.75) is 13.0 Å². The minimum atomic E-state index is -0.840. The number of anilines is 1. The Labute approximate surface area is 91.4 Å². The molecule has 2 rings (SSSR count). The van der Waals surface area contributed by atoms with Crippen molar-refractivity contribution < 1.29 is 9.90 Å². The molecule has 0 saturated heterocycles. The molecular formula is C11H11NO2S. The fourth-order valence-corrected chi connectivity index (χ4v) is 2.38. The monoisotopic (exact) mass is 221 g/mol. The van der Waals surface area contributed by atoms with Gasteiger partial charge in [0.05, 0.1) is 5.00 Å². The number of aliphatic carboxylic acids is 1. The molecule has 1 heterocycles. The Kier molecular flexibility index (Phi) is 2.60. The largest absolute Gasteiger partial charge is 0.480 e. The van der Waals surface area contributed by atoms with Gasteiger partial charge in [0, 0.05) is 4.70 Å². The lowest BCUT2D eigenvalue weighted by Crippen LogP contribution is -2.24. The number of hydrogen-bond acceptors (Lipinski definition) is 3. The van der Waals surface area contributed by atoms with Crippen LogP contribution < -0.4 is 5.32 Å². The summed E-state index contributed by atoms with van der Waals surface area (Å²) in [6.07, 6.45) is 0. The standard InChI is InChI=1S/C11H11NO2S/c1-7(11(13)14)12-10-6-8-4-2-3-5-9(8)15-10/h2-7,12H,1H3,(H,13,14). The Bertz CT molecular complexity index is 459. The molecule has 0 amide bonds. The zero-order chi connectivity index (χ0) is 10.8. The van der Waals surface area contributed by atoms with Gasteiger partial charge in [0.1, 0.15) is 6.04 Å². The minimum absolute atomic E-state index is 0.557. The third kappa shape index (κ3) is 2.10. The Morgan fingerprint density at radius 2 is 2.20 bits per heavy atom. The van der Waals surface area contributed by atoms with Gasteiger partial charge in [-0.15, -0.1) is 11.3 Å². The van der Waals surface area contributed by atoms with Crippen LogP contribution in [0.4, 0.5) is 5.00 Å². The maximum atomic E-state index is 10.7. The molecule has 2 N–H and O–H groups in total. The average molecular weight is 221 g/mol. The van der Waals surface area contributed by atoms with Crippen LogP contribution in [0.25, 0.3) is 10.1 Å². The van der Waals surface area contributed by atoms with E-state index in [1.807, 2.05) is 30.3 Å². The molecule has 78 valence electrons. The molecule has 0 bridgehead atoms. The van der Waals surface area contributed by atoms with E-state index in [1.165, 1.54) is 0 Å². The van der Waals surface area contributed by atoms with Gasteiger partial charge in [-0.1, -0.05) is 18.2 Å². The molecule has 0 aliphatic rings. The number of benzene rings is 1. The summed E-state index contributed by atoms with van der Waals surface area (Å²) in [6, 6.07) is 9.40. The first kappa shape index (κ1) is 9.98. The zero-order valence-corrected chi connectivity index (χ0v) is 9.04. The fraction of sp³-hybridized carbons (Fsp3) is 0.182. The lowest BCUT2D eigenvalue weighted by Gasteiger charge is -2.06. The number of rotatable bonds is 3. The second kappa shape index (κ2) is 3.90. The smallest absolute Gasteiger partial charge is 0.325 e. The molecule has 15 heavy (non-hydrogen) atoms. The number of nitrogens with one attached hydrogen (secondary N) is 1. The molecule has 0 aliphatic carbocycles. The maximum absolute atomic E-state index is 10.7. The first-order valence-electron chi connectivity index (χ1n) is 4.65. The Hall–Kier alpha value is -1.55. The van der Waals surface area contributed by atoms with E-state index in [0.717, 1.165) is 15.1 Å². The summed E-state index contributed by atoms with van der Waals surface area (Å²) in [6.45, 7) is 1.63. The Morgan fingerprint density at radius 3 is 2.87 bits per heavy atom. The van der Waals surface area contributed by atoms with Crippen LogP contribution >= 0.6 is 11.3 Å². The molecule has 2 aromatic rings. The van der Waals surface area contributed by atoms with Crippen LogP contribution in [0.1, 0.15) is 6.92 Å². The van der Waals surface area contributed by atoms with E-state index in [2.05, 4.69) is 5.32 Å². The van der Waals surface area contributed by atoms with Gasteiger partial charge in [0.25, 0.3) is 0 Å². The quantitative estimate of drug-likeness (QED) is 0.837. The number of thiophene rings is 1. The van der Waals surface area contributed by atoms with E-state index in [9.17, 15) is 4.79 Å². The number of hydrogen-bond donors (Lipinski definition) is 2. The number of fused-ring (bicyclic) bond motifs is 1. The third-order valence-corrected chi connectivity index (χ3v) is 3.20. The molecule has 1 aromatic carbocycles. The average Bonchev–Trinajstić information content (AvgIpc) is 2.59. The fourth-order valence-electron chi connectivity index (χ4n) is 1.33. The van der Waals surface area contributed by atoms with Crippen molar-refractivity contribution in [1.82, 2.24) is 0 Å². The van der Waals surface area contributed by atoms with Crippen LogP contribution in [0.3, 0.4) is 0 Å². The lowest BCUT2D eigenvalue weighted by molar-refractivity contribution is -0.137. The summed E-state index contributed by atoms with van der Waals surface area (Å²) < 4.78 is 1.16. The first-order chi connectivity index (χ1) is 7.16. The topological polar surface area (TPSA) is 49.3 Å². The SMILES string of the molecule is CC(Nc1cc2ccccc2s1)C(=O)O. The summed E-state index contributed by atoms with van der Waals surface area (Å²) >= 11 is 1.57. The predicted molar refractivity (Wildman–Crippen MR) is 62.5 cm³/mol. The highest BCUT2D eigenvalue weighted by molar-refractivity contribution is 7.22. The highest BCUT2D eigenvalue weighted by atomic mass is 32.1. The second-order valence-electron chi connectivity index (χ2n) is 3.35. The molecule has 1 unspecified atom stereocenters. The zero-order valence-electron chi connectivity index (χ0n) is 8.23. The third-order valence-electron chi connectivity index (χ3n) is 2.15. The Balaban J connectivity index is 2.26. The summed E-state index contributed by atoms with van der Waals surface area (Å²) in [5, 5.41) is 13.7. The van der Waals surface area contributed by atoms with E-state index in [-0.39, 0.29) is 0 Å². The van der Waals surface area contributed by atoms with E-state index in [0.29, 0.717) is 0 Å². The van der Waals surface area contributed by atoms with E-state index >= 15 is 0 Å². The molecule has 4 heteroatoms. The van der Waals surface area contributed by atoms with Gasteiger partial charge >= 0.3 is 5.97 Å². The number of carbonyl (C=O) groups is 1. The van der Waals surface area contributed by atoms with Gasteiger partial charge in [-0.2, -0.15) is 0 Å². The van der Waals surface area contributed by atoms with Gasteiger partial charge < -0.3 is 10.4 Å². The molecule has 1 aromatic heterocycles. The highest BCUT2D eigenvalue weighted by Crippen LogP contribution is 2.29. The first-order valence-corrected chi connectivity index (χ1v) is 5.46. The van der Waals surface area contributed by atoms with Gasteiger partial charge in [-0.25, -0.2) is 0 Å². The van der Waals surface area contributed by atoms with Gasteiger partial charge in [0.2, 0.25) is 0 Å². The summed E-state index contributed by atoms with van der Waals surface area (Å²) in [5.41, 5.74) is 0. The molecule has 0 saturated carbocycles. The molecule has 1 atom stereocenters. The maximum Gasteiger partial charge on any atom is 0.325 e. The van der Waals surface area contributed by atoms with Crippen molar-refractivity contribution >= 4 is 32.4 Å². The van der Waals surface area contributed by atoms with Crippen molar-refractivity contribution in [2.75, 3.05) is 5.32 Å². The molecule has 0 fully saturated rings. The van der Waals surface area contributed by atoms with Crippen LogP contribution in [0, 0.1) is 0 Å². The van der Waals surface area contributed by atoms with E-state index in [4.69, 9.17) is 5.11 Å². The van der Waals surface area contributed by atoms with Crippen LogP contribution in [-0.4, -0.2) is 17.1 Å². The molecule has 0 aliphatic heterocycles. The van der Waals surface area contributed by atoms with Crippen molar-refractivity contribution in [3.8, 4) is 0 Å². The van der Waals surface area contributed by atoms with Crippen LogP contribution in [0.2, 0.25) is 0 Å². The van der Waals surface area contributed by atoms with Crippen LogP contribution in [0.15, 0.2) is 30.3 Å². The summed E-state index contributed by atoms with van der Waals surface area (Å²) in [5.74, 6) is -0.840. The molecule has 3 nitrogen and oxygen atoms in total. The van der Waals surface area contributed by atoms with Crippen molar-refractivity contribution in [2.24, 2.45) is 0 Å². The lowest BCUT2D eigenvalue weighted by atomic mass is 10.2. The van der Waals surface area contributed by atoms with Gasteiger partial charge in [0.15, 0.2) is 0 Å². The summed E-state index contributed by atoms with van der Waals surface area (Å²) in [7, 11) is 0. The normalized spacial score (nSPS) is 12.6. The van der Waals surface area contributed by atoms with Crippen molar-refractivity contribution in [1.29, 1.82) is 0 Å². The summed E-state index contributed by atoms with van der Waals surface area (Å²) in [4.78, 5) is 10.7. The van der Waals surface area contributed by atoms with E-state index < -0.39 is 12.0 Å². The van der Waals surface area contributed by atoms with Crippen LogP contribution in [0.5, 0.6) is 0 Å². The van der Waals surface area contributed by atoms with Gasteiger partial charge in [-0.05, 0) is 24.4 Å². The number of carboxylic acids is 1. The Morgan fingerprint density at radius 1 is 1.47 bits per heavy atom.